The zero-order valence-corrected chi connectivity index (χ0v) is 12.5. The summed E-state index contributed by atoms with van der Waals surface area (Å²) in [5, 5.41) is 3.08. The fraction of sp³-hybridized carbons (Fsp3) is 0.933. The van der Waals surface area contributed by atoms with Crippen molar-refractivity contribution in [1.82, 2.24) is 5.32 Å². The van der Waals surface area contributed by atoms with Crippen LogP contribution < -0.4 is 11.1 Å². The molecule has 1 aliphatic carbocycles. The highest BCUT2D eigenvalue weighted by molar-refractivity contribution is 5.75. The van der Waals surface area contributed by atoms with E-state index in [1.807, 2.05) is 0 Å². The predicted molar refractivity (Wildman–Crippen MR) is 76.2 cm³/mol. The molecule has 1 saturated carbocycles. The molecule has 0 saturated heterocycles. The van der Waals surface area contributed by atoms with Gasteiger partial charge in [0.05, 0.1) is 0 Å². The van der Waals surface area contributed by atoms with E-state index in [-0.39, 0.29) is 5.91 Å². The number of hydrogen-bond acceptors (Lipinski definition) is 2. The summed E-state index contributed by atoms with van der Waals surface area (Å²) in [4.78, 5) is 11.7. The zero-order chi connectivity index (χ0) is 13.8. The van der Waals surface area contributed by atoms with Crippen LogP contribution in [0, 0.1) is 16.7 Å². The van der Waals surface area contributed by atoms with E-state index in [4.69, 9.17) is 5.73 Å². The van der Waals surface area contributed by atoms with E-state index < -0.39 is 0 Å². The molecular formula is C15H30N2O. The van der Waals surface area contributed by atoms with Gasteiger partial charge in [0.25, 0.3) is 0 Å². The Hall–Kier alpha value is -0.570. The number of rotatable bonds is 8. The Kier molecular flexibility index (Phi) is 5.20. The molecular weight excluding hydrogens is 224 g/mol. The van der Waals surface area contributed by atoms with Crippen molar-refractivity contribution < 1.29 is 4.79 Å². The molecule has 1 aliphatic rings. The number of hydrogen-bond donors (Lipinski definition) is 2. The average molecular weight is 254 g/mol. The maximum absolute atomic E-state index is 11.7. The fourth-order valence-corrected chi connectivity index (χ4v) is 2.93. The Morgan fingerprint density at radius 3 is 2.11 bits per heavy atom. The second kappa shape index (κ2) is 6.05. The Morgan fingerprint density at radius 1 is 1.06 bits per heavy atom. The van der Waals surface area contributed by atoms with Gasteiger partial charge in [0.1, 0.15) is 0 Å². The molecule has 0 unspecified atom stereocenters. The van der Waals surface area contributed by atoms with Crippen LogP contribution >= 0.6 is 0 Å². The Labute approximate surface area is 112 Å². The first-order valence-electron chi connectivity index (χ1n) is 7.31. The van der Waals surface area contributed by atoms with Gasteiger partial charge in [0.2, 0.25) is 5.91 Å². The van der Waals surface area contributed by atoms with Crippen LogP contribution in [-0.4, -0.2) is 19.0 Å². The van der Waals surface area contributed by atoms with Gasteiger partial charge in [0, 0.05) is 13.0 Å². The van der Waals surface area contributed by atoms with Crippen molar-refractivity contribution in [2.75, 3.05) is 13.1 Å². The molecule has 0 aliphatic heterocycles. The summed E-state index contributed by atoms with van der Waals surface area (Å²) in [5.41, 5.74) is 6.16. The Morgan fingerprint density at radius 2 is 1.61 bits per heavy atom. The minimum atomic E-state index is 0.209. The van der Waals surface area contributed by atoms with Gasteiger partial charge in [-0.3, -0.25) is 4.79 Å². The highest BCUT2D eigenvalue weighted by Gasteiger charge is 2.64. The molecule has 1 rings (SSSR count). The summed E-state index contributed by atoms with van der Waals surface area (Å²) < 4.78 is 0. The van der Waals surface area contributed by atoms with Crippen LogP contribution in [0.4, 0.5) is 0 Å². The van der Waals surface area contributed by atoms with Crippen molar-refractivity contribution in [2.24, 2.45) is 22.5 Å². The number of nitrogens with one attached hydrogen (secondary N) is 1. The summed E-state index contributed by atoms with van der Waals surface area (Å²) >= 11 is 0. The molecule has 1 fully saturated rings. The molecule has 0 radical (unpaired) electrons. The van der Waals surface area contributed by atoms with Crippen LogP contribution in [0.5, 0.6) is 0 Å². The van der Waals surface area contributed by atoms with Gasteiger partial charge in [-0.15, -0.1) is 0 Å². The highest BCUT2D eigenvalue weighted by Crippen LogP contribution is 2.67. The van der Waals surface area contributed by atoms with Crippen LogP contribution in [0.1, 0.15) is 59.8 Å². The number of carbonyl (C=O) groups is 1. The van der Waals surface area contributed by atoms with E-state index >= 15 is 0 Å². The third-order valence-corrected chi connectivity index (χ3v) is 5.18. The Balaban J connectivity index is 2.08. The lowest BCUT2D eigenvalue weighted by molar-refractivity contribution is -0.121. The first-order chi connectivity index (χ1) is 8.34. The first-order valence-corrected chi connectivity index (χ1v) is 7.31. The van der Waals surface area contributed by atoms with Gasteiger partial charge in [-0.05, 0) is 36.1 Å². The summed E-state index contributed by atoms with van der Waals surface area (Å²) in [6, 6.07) is 0. The van der Waals surface area contributed by atoms with Crippen LogP contribution in [0.15, 0.2) is 0 Å². The van der Waals surface area contributed by atoms with Crippen molar-refractivity contribution in [3.8, 4) is 0 Å². The normalized spacial score (nSPS) is 20.7. The SMILES string of the molecule is CC1(C)C(CNC(=O)CCCCCCN)C1(C)C. The quantitative estimate of drug-likeness (QED) is 0.654. The lowest BCUT2D eigenvalue weighted by Crippen LogP contribution is -2.26. The molecule has 0 heterocycles. The molecule has 0 bridgehead atoms. The molecule has 0 aromatic carbocycles. The van der Waals surface area contributed by atoms with Crippen molar-refractivity contribution >= 4 is 5.91 Å². The van der Waals surface area contributed by atoms with E-state index in [0.717, 1.165) is 38.8 Å². The fourth-order valence-electron chi connectivity index (χ4n) is 2.93. The number of carbonyl (C=O) groups excluding carboxylic acids is 1. The van der Waals surface area contributed by atoms with Crippen LogP contribution in [0.2, 0.25) is 0 Å². The standard InChI is InChI=1S/C15H30N2O/c1-14(2)12(15(14,3)4)11-17-13(18)9-7-5-6-8-10-16/h12H,5-11,16H2,1-4H3,(H,17,18). The average Bonchev–Trinajstić information content (AvgIpc) is 2.66. The highest BCUT2D eigenvalue weighted by atomic mass is 16.1. The van der Waals surface area contributed by atoms with Crippen LogP contribution in [0.25, 0.3) is 0 Å². The molecule has 0 spiro atoms. The molecule has 0 aromatic rings. The number of unbranched alkanes of at least 4 members (excludes halogenated alkanes) is 3. The third kappa shape index (κ3) is 3.47. The lowest BCUT2D eigenvalue weighted by atomic mass is 10.0. The number of nitrogens with two attached hydrogens (primary N) is 1. The molecule has 0 aromatic heterocycles. The van der Waals surface area contributed by atoms with E-state index in [1.165, 1.54) is 0 Å². The van der Waals surface area contributed by atoms with Gasteiger partial charge in [-0.1, -0.05) is 40.5 Å². The molecule has 18 heavy (non-hydrogen) atoms. The van der Waals surface area contributed by atoms with Gasteiger partial charge in [-0.2, -0.15) is 0 Å². The molecule has 3 heteroatoms. The molecule has 3 N–H and O–H groups in total. The van der Waals surface area contributed by atoms with Gasteiger partial charge < -0.3 is 11.1 Å². The van der Waals surface area contributed by atoms with E-state index in [9.17, 15) is 4.79 Å². The second-order valence-electron chi connectivity index (χ2n) is 6.75. The molecule has 1 amide bonds. The van der Waals surface area contributed by atoms with Gasteiger partial charge >= 0.3 is 0 Å². The van der Waals surface area contributed by atoms with E-state index in [1.54, 1.807) is 0 Å². The second-order valence-corrected chi connectivity index (χ2v) is 6.75. The molecule has 3 nitrogen and oxygen atoms in total. The maximum atomic E-state index is 11.7. The van der Waals surface area contributed by atoms with Crippen molar-refractivity contribution in [1.29, 1.82) is 0 Å². The third-order valence-electron chi connectivity index (χ3n) is 5.18. The largest absolute Gasteiger partial charge is 0.356 e. The van der Waals surface area contributed by atoms with Crippen molar-refractivity contribution in [2.45, 2.75) is 59.8 Å². The van der Waals surface area contributed by atoms with Gasteiger partial charge in [-0.25, -0.2) is 0 Å². The van der Waals surface area contributed by atoms with Gasteiger partial charge in [0.15, 0.2) is 0 Å². The number of amides is 1. The van der Waals surface area contributed by atoms with Crippen LogP contribution in [0.3, 0.4) is 0 Å². The summed E-state index contributed by atoms with van der Waals surface area (Å²) in [6.45, 7) is 10.8. The van der Waals surface area contributed by atoms with Crippen molar-refractivity contribution in [3.05, 3.63) is 0 Å². The molecule has 106 valence electrons. The molecule has 0 atom stereocenters. The van der Waals surface area contributed by atoms with Crippen LogP contribution in [-0.2, 0) is 4.79 Å². The first kappa shape index (κ1) is 15.5. The summed E-state index contributed by atoms with van der Waals surface area (Å²) in [5.74, 6) is 0.826. The lowest BCUT2D eigenvalue weighted by Gasteiger charge is -2.06. The summed E-state index contributed by atoms with van der Waals surface area (Å²) in [7, 11) is 0. The summed E-state index contributed by atoms with van der Waals surface area (Å²) in [6.07, 6.45) is 4.99. The topological polar surface area (TPSA) is 55.1 Å². The van der Waals surface area contributed by atoms with E-state index in [2.05, 4.69) is 33.0 Å². The smallest absolute Gasteiger partial charge is 0.220 e. The van der Waals surface area contributed by atoms with E-state index in [0.29, 0.717) is 23.2 Å². The maximum Gasteiger partial charge on any atom is 0.220 e. The monoisotopic (exact) mass is 254 g/mol. The predicted octanol–water partition coefficient (Wildman–Crippen LogP) is 2.69. The van der Waals surface area contributed by atoms with Crippen molar-refractivity contribution in [3.63, 3.8) is 0 Å². The Bertz CT molecular complexity index is 270. The minimum Gasteiger partial charge on any atom is -0.356 e. The minimum absolute atomic E-state index is 0.209. The zero-order valence-electron chi connectivity index (χ0n) is 12.5.